The number of esters is 1. The van der Waals surface area contributed by atoms with Crippen molar-refractivity contribution in [3.63, 3.8) is 0 Å². The summed E-state index contributed by atoms with van der Waals surface area (Å²) < 4.78 is 13.8. The van der Waals surface area contributed by atoms with Crippen LogP contribution in [0, 0.1) is 14.3 Å². The molecule has 0 unspecified atom stereocenters. The van der Waals surface area contributed by atoms with Crippen molar-refractivity contribution >= 4 is 108 Å². The Morgan fingerprint density at radius 1 is 0.974 bits per heavy atom. The van der Waals surface area contributed by atoms with E-state index < -0.39 is 23.9 Å². The molecule has 0 saturated heterocycles. The van der Waals surface area contributed by atoms with Crippen LogP contribution in [0.25, 0.3) is 0 Å². The van der Waals surface area contributed by atoms with E-state index in [1.165, 1.54) is 19.1 Å². The van der Waals surface area contributed by atoms with E-state index in [2.05, 4.69) is 49.9 Å². The molecule has 0 spiro atoms. The second kappa shape index (κ2) is 16.7. The number of carboxylic acid groups (broad SMARTS) is 2. The van der Waals surface area contributed by atoms with E-state index >= 15 is 0 Å². The van der Waals surface area contributed by atoms with E-state index in [1.807, 2.05) is 57.3 Å². The zero-order valence-corrected chi connectivity index (χ0v) is 30.5. The van der Waals surface area contributed by atoms with E-state index in [-0.39, 0.29) is 53.0 Å². The van der Waals surface area contributed by atoms with Crippen LogP contribution in [-0.2, 0) is 16.0 Å². The zero-order valence-electron chi connectivity index (χ0n) is 19.8. The van der Waals surface area contributed by atoms with Crippen LogP contribution in [0.3, 0.4) is 0 Å². The number of phenols is 1. The van der Waals surface area contributed by atoms with Crippen molar-refractivity contribution in [1.82, 2.24) is 0 Å². The van der Waals surface area contributed by atoms with Crippen LogP contribution < -0.4 is 49.9 Å². The van der Waals surface area contributed by atoms with Gasteiger partial charge in [0.25, 0.3) is 0 Å². The number of benzene rings is 3. The Morgan fingerprint density at radius 3 is 1.97 bits per heavy atom. The molecule has 38 heavy (non-hydrogen) atoms. The maximum atomic E-state index is 10.8. The number of nitrogens with two attached hydrogens (primary N) is 1. The number of aliphatic carboxylic acids is 1. The molecular formula is C24H18I4NNaO8. The van der Waals surface area contributed by atoms with Gasteiger partial charge in [0.05, 0.1) is 20.3 Å². The number of carboxylic acids is 2. The summed E-state index contributed by atoms with van der Waals surface area (Å²) in [7, 11) is 0. The summed E-state index contributed by atoms with van der Waals surface area (Å²) in [6.07, 6.45) is 0.198. The van der Waals surface area contributed by atoms with Gasteiger partial charge in [0.15, 0.2) is 5.75 Å². The summed E-state index contributed by atoms with van der Waals surface area (Å²) in [5, 5.41) is 29.3. The number of para-hydroxylation sites is 1. The molecule has 0 aliphatic rings. The number of carbonyl (C=O) groups excluding carboxylic acids is 2. The Balaban J connectivity index is 0.000000438. The van der Waals surface area contributed by atoms with Gasteiger partial charge in [-0.25, -0.2) is 4.79 Å². The first kappa shape index (κ1) is 35.6. The van der Waals surface area contributed by atoms with Gasteiger partial charge in [-0.05, 0) is 139 Å². The summed E-state index contributed by atoms with van der Waals surface area (Å²) in [6.45, 7) is 1.22. The van der Waals surface area contributed by atoms with E-state index in [1.54, 1.807) is 24.3 Å². The first-order valence-corrected chi connectivity index (χ1v) is 14.4. The largest absolute Gasteiger partial charge is 1.00 e. The Hall–Kier alpha value is -0.450. The summed E-state index contributed by atoms with van der Waals surface area (Å²) in [6, 6.07) is 12.1. The molecule has 0 fully saturated rings. The van der Waals surface area contributed by atoms with Gasteiger partial charge in [0.2, 0.25) is 0 Å². The molecule has 0 bridgehead atoms. The number of aromatic carboxylic acids is 1. The minimum absolute atomic E-state index is 0. The monoisotopic (exact) mass is 979 g/mol. The van der Waals surface area contributed by atoms with Gasteiger partial charge in [-0.1, -0.05) is 12.1 Å². The number of halogens is 4. The molecule has 1 atom stereocenters. The molecule has 3 aromatic carbocycles. The Labute approximate surface area is 295 Å². The molecular weight excluding hydrogens is 961 g/mol. The molecule has 0 saturated carbocycles. The predicted molar refractivity (Wildman–Crippen MR) is 167 cm³/mol. The standard InChI is InChI=1S/C15H11I4NO4.C9H8O4.Na/c16-8-4-7(5-9(17)13(8)21)24-14-10(18)1-6(2-11(14)19)3-12(20)15(22)23;1-6(10)13-8-5-3-2-4-7(8)9(11)12;/h1-2,4-5,12,21H,3,20H2,(H,22,23);2-5H,1H3,(H,11,12);/q;;+1/p-1/t12-;;/m0../s1. The van der Waals surface area contributed by atoms with Gasteiger partial charge in [-0.2, -0.15) is 0 Å². The minimum Gasteiger partial charge on any atom is -0.548 e. The van der Waals surface area contributed by atoms with Gasteiger partial charge < -0.3 is 35.3 Å². The number of aromatic hydroxyl groups is 1. The third kappa shape index (κ3) is 10.8. The molecule has 0 aliphatic carbocycles. The van der Waals surface area contributed by atoms with Crippen molar-refractivity contribution in [3.05, 3.63) is 73.9 Å². The molecule has 0 amide bonds. The Kier molecular flexibility index (Phi) is 15.7. The number of hydrogen-bond acceptors (Lipinski definition) is 8. The number of hydrogen-bond donors (Lipinski definition) is 3. The fraction of sp³-hybridized carbons (Fsp3) is 0.125. The van der Waals surface area contributed by atoms with Crippen molar-refractivity contribution in [1.29, 1.82) is 0 Å². The average Bonchev–Trinajstić information content (AvgIpc) is 2.80. The second-order valence-corrected chi connectivity index (χ2v) is 11.9. The van der Waals surface area contributed by atoms with Crippen LogP contribution in [0.5, 0.6) is 23.0 Å². The molecule has 9 nitrogen and oxygen atoms in total. The first-order chi connectivity index (χ1) is 17.3. The average molecular weight is 979 g/mol. The Morgan fingerprint density at radius 2 is 1.50 bits per heavy atom. The SMILES string of the molecule is CC(=O)Oc1ccccc1C(=O)O.N[C@@H](Cc1cc(I)c(Oc2cc(I)c(O)c(I)c2)c(I)c1)C(=O)[O-].[Na+]. The van der Waals surface area contributed by atoms with Gasteiger partial charge >= 0.3 is 41.5 Å². The fourth-order valence-corrected chi connectivity index (χ4v) is 6.60. The van der Waals surface area contributed by atoms with Crippen LogP contribution in [0.15, 0.2) is 48.5 Å². The number of ether oxygens (including phenoxy) is 2. The minimum atomic E-state index is -1.27. The zero-order chi connectivity index (χ0) is 27.9. The van der Waals surface area contributed by atoms with Gasteiger partial charge in [-0.15, -0.1) is 0 Å². The third-order valence-corrected chi connectivity index (χ3v) is 7.65. The van der Waals surface area contributed by atoms with Crippen molar-refractivity contribution in [2.24, 2.45) is 5.73 Å². The fourth-order valence-electron chi connectivity index (χ4n) is 2.77. The molecule has 3 rings (SSSR count). The molecule has 0 radical (unpaired) electrons. The topological polar surface area (TPSA) is 159 Å². The van der Waals surface area contributed by atoms with E-state index in [0.29, 0.717) is 18.6 Å². The number of phenolic OH excluding ortho intramolecular Hbond substituents is 1. The van der Waals surface area contributed by atoms with Crippen LogP contribution in [0.2, 0.25) is 0 Å². The van der Waals surface area contributed by atoms with Crippen molar-refractivity contribution in [2.75, 3.05) is 0 Å². The van der Waals surface area contributed by atoms with Gasteiger partial charge in [-0.3, -0.25) is 4.79 Å². The molecule has 0 heterocycles. The number of rotatable bonds is 7. The van der Waals surface area contributed by atoms with E-state index in [0.717, 1.165) is 12.7 Å². The van der Waals surface area contributed by atoms with E-state index in [9.17, 15) is 24.6 Å². The maximum Gasteiger partial charge on any atom is 1.00 e. The predicted octanol–water partition coefficient (Wildman–Crippen LogP) is 1.54. The summed E-state index contributed by atoms with van der Waals surface area (Å²) >= 11 is 8.37. The van der Waals surface area contributed by atoms with Crippen molar-refractivity contribution in [3.8, 4) is 23.0 Å². The molecule has 3 aromatic rings. The molecule has 196 valence electrons. The van der Waals surface area contributed by atoms with E-state index in [4.69, 9.17) is 15.6 Å². The van der Waals surface area contributed by atoms with Crippen molar-refractivity contribution < 1.29 is 68.7 Å². The van der Waals surface area contributed by atoms with Gasteiger partial charge in [0, 0.05) is 13.0 Å². The normalized spacial score (nSPS) is 10.8. The summed E-state index contributed by atoms with van der Waals surface area (Å²) in [5.41, 5.74) is 6.33. The molecule has 4 N–H and O–H groups in total. The van der Waals surface area contributed by atoms with Crippen LogP contribution in [0.1, 0.15) is 22.8 Å². The maximum absolute atomic E-state index is 10.8. The first-order valence-electron chi connectivity index (χ1n) is 10.1. The van der Waals surface area contributed by atoms with Crippen LogP contribution >= 0.6 is 90.4 Å². The Bertz CT molecular complexity index is 1290. The molecule has 14 heteroatoms. The smallest absolute Gasteiger partial charge is 0.548 e. The van der Waals surface area contributed by atoms with Crippen LogP contribution in [-0.4, -0.2) is 34.2 Å². The summed E-state index contributed by atoms with van der Waals surface area (Å²) in [5.74, 6) is -1.31. The van der Waals surface area contributed by atoms with Gasteiger partial charge in [0.1, 0.15) is 22.8 Å². The quantitative estimate of drug-likeness (QED) is 0.138. The molecule has 0 aromatic heterocycles. The number of carbonyl (C=O) groups is 3. The van der Waals surface area contributed by atoms with Crippen molar-refractivity contribution in [2.45, 2.75) is 19.4 Å². The second-order valence-electron chi connectivity index (χ2n) is 7.25. The molecule has 0 aliphatic heterocycles. The third-order valence-electron chi connectivity index (χ3n) is 4.40. The summed E-state index contributed by atoms with van der Waals surface area (Å²) in [4.78, 5) is 32.0. The van der Waals surface area contributed by atoms with Crippen LogP contribution in [0.4, 0.5) is 0 Å².